The number of carbonyl (C=O) groups excluding carboxylic acids is 4. The molecule has 1 unspecified atom stereocenters. The van der Waals surface area contributed by atoms with Gasteiger partial charge in [-0.3, -0.25) is 30.0 Å². The minimum absolute atomic E-state index is 0.197. The molecule has 0 spiro atoms. The van der Waals surface area contributed by atoms with Crippen LogP contribution in [0.1, 0.15) is 40.5 Å². The third kappa shape index (κ3) is 6.89. The summed E-state index contributed by atoms with van der Waals surface area (Å²) in [5.41, 5.74) is 4.91. The van der Waals surface area contributed by atoms with Gasteiger partial charge in [0, 0.05) is 17.0 Å². The Labute approximate surface area is 177 Å². The molecule has 2 aromatic carbocycles. The van der Waals surface area contributed by atoms with Crippen molar-refractivity contribution in [1.29, 1.82) is 0 Å². The molecule has 1 atom stereocenters. The summed E-state index contributed by atoms with van der Waals surface area (Å²) >= 11 is 11.7. The molecule has 0 saturated carbocycles. The van der Waals surface area contributed by atoms with Crippen LogP contribution < -0.4 is 10.9 Å². The lowest BCUT2D eigenvalue weighted by Gasteiger charge is -2.13. The van der Waals surface area contributed by atoms with Gasteiger partial charge in [0.2, 0.25) is 11.7 Å². The molecule has 0 aromatic heterocycles. The van der Waals surface area contributed by atoms with Gasteiger partial charge in [0.25, 0.3) is 5.91 Å². The van der Waals surface area contributed by atoms with E-state index in [0.717, 1.165) is 0 Å². The van der Waals surface area contributed by atoms with Crippen LogP contribution in [0.3, 0.4) is 0 Å². The van der Waals surface area contributed by atoms with Crippen LogP contribution >= 0.6 is 23.2 Å². The number of Topliss-reactive ketones (excluding diaryl/α,β-unsaturated/α-hetero) is 1. The van der Waals surface area contributed by atoms with Crippen LogP contribution in [0, 0.1) is 0 Å². The quantitative estimate of drug-likeness (QED) is 0.393. The summed E-state index contributed by atoms with van der Waals surface area (Å²) < 4.78 is 5.05. The predicted octanol–water partition coefficient (Wildman–Crippen LogP) is 3.35. The standard InChI is InChI=1S/C20H18Cl2N2O5/c1-12(19(27)13-5-4-6-14(21)11-13)29-18(26)10-9-17(25)23-24-20(28)15-7-2-3-8-16(15)22/h2-8,11-12H,9-10H2,1H3,(H,23,25)(H,24,28). The van der Waals surface area contributed by atoms with E-state index in [4.69, 9.17) is 27.9 Å². The van der Waals surface area contributed by atoms with Gasteiger partial charge in [-0.25, -0.2) is 0 Å². The molecule has 29 heavy (non-hydrogen) atoms. The monoisotopic (exact) mass is 436 g/mol. The van der Waals surface area contributed by atoms with E-state index in [0.29, 0.717) is 10.6 Å². The average Bonchev–Trinajstić information content (AvgIpc) is 2.70. The molecular formula is C20H18Cl2N2O5. The summed E-state index contributed by atoms with van der Waals surface area (Å²) in [5.74, 6) is -2.32. The lowest BCUT2D eigenvalue weighted by atomic mass is 10.1. The Hall–Kier alpha value is -2.90. The fourth-order valence-electron chi connectivity index (χ4n) is 2.30. The Morgan fingerprint density at radius 3 is 2.38 bits per heavy atom. The van der Waals surface area contributed by atoms with Gasteiger partial charge in [0.05, 0.1) is 17.0 Å². The summed E-state index contributed by atoms with van der Waals surface area (Å²) in [5, 5.41) is 0.631. The van der Waals surface area contributed by atoms with Crippen molar-refractivity contribution in [2.45, 2.75) is 25.9 Å². The molecule has 2 amide bonds. The van der Waals surface area contributed by atoms with Gasteiger partial charge in [-0.05, 0) is 31.2 Å². The molecule has 0 aliphatic carbocycles. The Bertz CT molecular complexity index is 933. The number of hydrogen-bond donors (Lipinski definition) is 2. The van der Waals surface area contributed by atoms with Crippen molar-refractivity contribution in [3.63, 3.8) is 0 Å². The van der Waals surface area contributed by atoms with Crippen LogP contribution in [0.15, 0.2) is 48.5 Å². The molecule has 2 aromatic rings. The van der Waals surface area contributed by atoms with Gasteiger partial charge < -0.3 is 4.74 Å². The van der Waals surface area contributed by atoms with Gasteiger partial charge >= 0.3 is 5.97 Å². The molecule has 9 heteroatoms. The first-order chi connectivity index (χ1) is 13.8. The second-order valence-corrected chi connectivity index (χ2v) is 6.83. The number of carbonyl (C=O) groups is 4. The highest BCUT2D eigenvalue weighted by molar-refractivity contribution is 6.33. The van der Waals surface area contributed by atoms with Gasteiger partial charge in [-0.2, -0.15) is 0 Å². The molecule has 0 radical (unpaired) electrons. The van der Waals surface area contributed by atoms with E-state index in [2.05, 4.69) is 10.9 Å². The largest absolute Gasteiger partial charge is 0.454 e. The normalized spacial score (nSPS) is 11.3. The Morgan fingerprint density at radius 1 is 0.966 bits per heavy atom. The van der Waals surface area contributed by atoms with Crippen molar-refractivity contribution in [3.8, 4) is 0 Å². The van der Waals surface area contributed by atoms with Crippen molar-refractivity contribution < 1.29 is 23.9 Å². The molecule has 0 aliphatic rings. The first kappa shape index (κ1) is 22.4. The zero-order valence-corrected chi connectivity index (χ0v) is 16.9. The third-order valence-electron chi connectivity index (χ3n) is 3.78. The van der Waals surface area contributed by atoms with E-state index in [9.17, 15) is 19.2 Å². The first-order valence-electron chi connectivity index (χ1n) is 8.61. The van der Waals surface area contributed by atoms with Crippen molar-refractivity contribution >= 4 is 46.8 Å². The number of ketones is 1. The van der Waals surface area contributed by atoms with Crippen LogP contribution in [-0.4, -0.2) is 29.7 Å². The molecule has 0 bridgehead atoms. The van der Waals surface area contributed by atoms with Gasteiger partial charge in [-0.1, -0.05) is 47.5 Å². The highest BCUT2D eigenvalue weighted by Gasteiger charge is 2.20. The van der Waals surface area contributed by atoms with Gasteiger partial charge in [-0.15, -0.1) is 0 Å². The molecule has 0 fully saturated rings. The molecule has 0 aliphatic heterocycles. The summed E-state index contributed by atoms with van der Waals surface area (Å²) in [7, 11) is 0. The van der Waals surface area contributed by atoms with Crippen LogP contribution in [0.25, 0.3) is 0 Å². The van der Waals surface area contributed by atoms with Gasteiger partial charge in [0.1, 0.15) is 0 Å². The number of esters is 1. The van der Waals surface area contributed by atoms with E-state index in [-0.39, 0.29) is 23.4 Å². The smallest absolute Gasteiger partial charge is 0.307 e. The molecular weight excluding hydrogens is 419 g/mol. The summed E-state index contributed by atoms with van der Waals surface area (Å²) in [6.45, 7) is 1.44. The van der Waals surface area contributed by atoms with E-state index < -0.39 is 29.7 Å². The maximum atomic E-state index is 12.2. The zero-order valence-electron chi connectivity index (χ0n) is 15.4. The number of rotatable bonds is 7. The Morgan fingerprint density at radius 2 is 1.69 bits per heavy atom. The highest BCUT2D eigenvalue weighted by Crippen LogP contribution is 2.15. The number of nitrogens with one attached hydrogen (secondary N) is 2. The number of halogens is 2. The number of benzene rings is 2. The highest BCUT2D eigenvalue weighted by atomic mass is 35.5. The van der Waals surface area contributed by atoms with Crippen LogP contribution in [-0.2, 0) is 14.3 Å². The molecule has 0 saturated heterocycles. The number of hydrazine groups is 1. The van der Waals surface area contributed by atoms with E-state index >= 15 is 0 Å². The second kappa shape index (κ2) is 10.6. The van der Waals surface area contributed by atoms with Gasteiger partial charge in [0.15, 0.2) is 6.10 Å². The molecule has 2 N–H and O–H groups in total. The fraction of sp³-hybridized carbons (Fsp3) is 0.200. The minimum atomic E-state index is -1.02. The number of ether oxygens (including phenoxy) is 1. The zero-order chi connectivity index (χ0) is 21.4. The molecule has 152 valence electrons. The van der Waals surface area contributed by atoms with E-state index in [1.807, 2.05) is 0 Å². The summed E-state index contributed by atoms with van der Waals surface area (Å²) in [6, 6.07) is 12.6. The van der Waals surface area contributed by atoms with Crippen molar-refractivity contribution in [3.05, 3.63) is 69.7 Å². The molecule has 2 rings (SSSR count). The van der Waals surface area contributed by atoms with Crippen molar-refractivity contribution in [2.75, 3.05) is 0 Å². The van der Waals surface area contributed by atoms with Crippen LogP contribution in [0.4, 0.5) is 0 Å². The second-order valence-electron chi connectivity index (χ2n) is 5.99. The maximum Gasteiger partial charge on any atom is 0.307 e. The maximum absolute atomic E-state index is 12.2. The average molecular weight is 437 g/mol. The van der Waals surface area contributed by atoms with Crippen LogP contribution in [0.5, 0.6) is 0 Å². The molecule has 0 heterocycles. The van der Waals surface area contributed by atoms with Crippen LogP contribution in [0.2, 0.25) is 10.0 Å². The van der Waals surface area contributed by atoms with Crippen molar-refractivity contribution in [1.82, 2.24) is 10.9 Å². The lowest BCUT2D eigenvalue weighted by Crippen LogP contribution is -2.41. The number of amides is 2. The topological polar surface area (TPSA) is 102 Å². The van der Waals surface area contributed by atoms with Crippen molar-refractivity contribution in [2.24, 2.45) is 0 Å². The minimum Gasteiger partial charge on any atom is -0.454 e. The SMILES string of the molecule is CC(OC(=O)CCC(=O)NNC(=O)c1ccccc1Cl)C(=O)c1cccc(Cl)c1. The van der Waals surface area contributed by atoms with E-state index in [1.54, 1.807) is 36.4 Å². The fourth-order valence-corrected chi connectivity index (χ4v) is 2.72. The van der Waals surface area contributed by atoms with E-state index in [1.165, 1.54) is 19.1 Å². The Balaban J connectivity index is 1.75. The Kier molecular flexibility index (Phi) is 8.18. The predicted molar refractivity (Wildman–Crippen MR) is 108 cm³/mol. The lowest BCUT2D eigenvalue weighted by molar-refractivity contribution is -0.147. The summed E-state index contributed by atoms with van der Waals surface area (Å²) in [4.78, 5) is 47.9. The molecule has 7 nitrogen and oxygen atoms in total. The summed E-state index contributed by atoms with van der Waals surface area (Å²) in [6.07, 6.45) is -1.52. The third-order valence-corrected chi connectivity index (χ3v) is 4.34. The first-order valence-corrected chi connectivity index (χ1v) is 9.36. The number of hydrogen-bond acceptors (Lipinski definition) is 5.